The van der Waals surface area contributed by atoms with Crippen LogP contribution >= 0.6 is 0 Å². The Morgan fingerprint density at radius 1 is 1.10 bits per heavy atom. The lowest BCUT2D eigenvalue weighted by atomic mass is 10.2. The molecule has 0 amide bonds. The first-order valence-electron chi connectivity index (χ1n) is 6.37. The van der Waals surface area contributed by atoms with Gasteiger partial charge in [-0.3, -0.25) is 4.72 Å². The largest absolute Gasteiger partial charge is 0.277 e. The molecule has 0 spiro atoms. The molecule has 0 bridgehead atoms. The van der Waals surface area contributed by atoms with E-state index in [2.05, 4.69) is 20.1 Å². The van der Waals surface area contributed by atoms with Gasteiger partial charge in [-0.2, -0.15) is 15.4 Å². The van der Waals surface area contributed by atoms with E-state index < -0.39 is 10.0 Å². The third-order valence-electron chi connectivity index (χ3n) is 3.22. The molecule has 0 saturated carbocycles. The van der Waals surface area contributed by atoms with Gasteiger partial charge in [0.2, 0.25) is 0 Å². The molecule has 0 saturated heterocycles. The maximum absolute atomic E-state index is 12.6. The number of nitrogens with one attached hydrogen (secondary N) is 2. The molecule has 0 atom stereocenters. The van der Waals surface area contributed by atoms with Crippen LogP contribution in [0.3, 0.4) is 0 Å². The van der Waals surface area contributed by atoms with Crippen molar-refractivity contribution in [1.82, 2.24) is 15.4 Å². The van der Waals surface area contributed by atoms with Crippen molar-refractivity contribution in [2.24, 2.45) is 0 Å². The number of para-hydroxylation sites is 1. The second kappa shape index (κ2) is 4.85. The summed E-state index contributed by atoms with van der Waals surface area (Å²) in [5.41, 5.74) is 3.09. The van der Waals surface area contributed by atoms with Gasteiger partial charge < -0.3 is 0 Å². The fourth-order valence-corrected chi connectivity index (χ4v) is 3.54. The second-order valence-corrected chi connectivity index (χ2v) is 6.52. The van der Waals surface area contributed by atoms with Crippen molar-refractivity contribution in [3.63, 3.8) is 0 Å². The van der Waals surface area contributed by atoms with Crippen LogP contribution < -0.4 is 4.72 Å². The summed E-state index contributed by atoms with van der Waals surface area (Å²) in [6.45, 7) is 3.63. The van der Waals surface area contributed by atoms with Crippen molar-refractivity contribution in [1.29, 1.82) is 0 Å². The van der Waals surface area contributed by atoms with E-state index in [9.17, 15) is 8.42 Å². The van der Waals surface area contributed by atoms with Gasteiger partial charge in [-0.25, -0.2) is 8.42 Å². The summed E-state index contributed by atoms with van der Waals surface area (Å²) < 4.78 is 27.7. The fraction of sp³-hybridized carbons (Fsp3) is 0.143. The Balaban J connectivity index is 2.08. The summed E-state index contributed by atoms with van der Waals surface area (Å²) in [5, 5.41) is 10.4. The van der Waals surface area contributed by atoms with Crippen LogP contribution in [0.2, 0.25) is 0 Å². The van der Waals surface area contributed by atoms with Crippen molar-refractivity contribution < 1.29 is 8.42 Å². The molecular weight excluding hydrogens is 288 g/mol. The van der Waals surface area contributed by atoms with E-state index in [4.69, 9.17) is 0 Å². The third kappa shape index (κ3) is 2.47. The summed E-state index contributed by atoms with van der Waals surface area (Å²) in [6, 6.07) is 10.5. The lowest BCUT2D eigenvalue weighted by molar-refractivity contribution is 0.600. The monoisotopic (exact) mass is 302 g/mol. The molecule has 108 valence electrons. The molecule has 3 rings (SSSR count). The van der Waals surface area contributed by atoms with Gasteiger partial charge in [-0.15, -0.1) is 0 Å². The molecule has 0 aliphatic carbocycles. The van der Waals surface area contributed by atoms with Crippen molar-refractivity contribution in [3.05, 3.63) is 47.5 Å². The SMILES string of the molecule is Cc1ccc(C)c(S(=O)(=O)Nc2cccc3n[nH]nc23)c1. The van der Waals surface area contributed by atoms with Crippen LogP contribution in [0.25, 0.3) is 11.0 Å². The first-order chi connectivity index (χ1) is 9.97. The van der Waals surface area contributed by atoms with Gasteiger partial charge in [-0.05, 0) is 43.2 Å². The Labute approximate surface area is 122 Å². The maximum atomic E-state index is 12.6. The molecule has 0 fully saturated rings. The zero-order valence-electron chi connectivity index (χ0n) is 11.6. The van der Waals surface area contributed by atoms with Crippen LogP contribution in [-0.4, -0.2) is 23.8 Å². The standard InChI is InChI=1S/C14H14N4O2S/c1-9-6-7-10(2)13(8-9)21(19,20)17-12-5-3-4-11-14(12)16-18-15-11/h3-8,17H,1-2H3,(H,15,16,18). The quantitative estimate of drug-likeness (QED) is 0.777. The molecule has 21 heavy (non-hydrogen) atoms. The smallest absolute Gasteiger partial charge is 0.262 e. The van der Waals surface area contributed by atoms with E-state index in [-0.39, 0.29) is 4.90 Å². The topological polar surface area (TPSA) is 87.7 Å². The number of aryl methyl sites for hydroxylation is 2. The highest BCUT2D eigenvalue weighted by Gasteiger charge is 2.19. The number of aromatic amines is 1. The number of hydrogen-bond donors (Lipinski definition) is 2. The molecule has 0 aliphatic heterocycles. The van der Waals surface area contributed by atoms with E-state index in [0.29, 0.717) is 22.3 Å². The minimum atomic E-state index is -3.67. The second-order valence-electron chi connectivity index (χ2n) is 4.87. The van der Waals surface area contributed by atoms with E-state index in [1.807, 2.05) is 13.0 Å². The van der Waals surface area contributed by atoms with E-state index in [1.165, 1.54) is 0 Å². The van der Waals surface area contributed by atoms with E-state index in [1.54, 1.807) is 37.3 Å². The van der Waals surface area contributed by atoms with Crippen LogP contribution in [0.5, 0.6) is 0 Å². The highest BCUT2D eigenvalue weighted by Crippen LogP contribution is 2.24. The van der Waals surface area contributed by atoms with Gasteiger partial charge in [0.25, 0.3) is 10.0 Å². The highest BCUT2D eigenvalue weighted by molar-refractivity contribution is 7.92. The number of benzene rings is 2. The maximum Gasteiger partial charge on any atom is 0.262 e. The average molecular weight is 302 g/mol. The average Bonchev–Trinajstić information content (AvgIpc) is 2.90. The summed E-state index contributed by atoms with van der Waals surface area (Å²) >= 11 is 0. The molecule has 6 nitrogen and oxygen atoms in total. The van der Waals surface area contributed by atoms with Crippen molar-refractivity contribution in [2.45, 2.75) is 18.7 Å². The normalized spacial score (nSPS) is 11.7. The van der Waals surface area contributed by atoms with Gasteiger partial charge in [0.05, 0.1) is 10.6 Å². The van der Waals surface area contributed by atoms with E-state index >= 15 is 0 Å². The number of hydrogen-bond acceptors (Lipinski definition) is 4. The summed E-state index contributed by atoms with van der Waals surface area (Å²) in [7, 11) is -3.67. The number of rotatable bonds is 3. The molecule has 1 heterocycles. The molecule has 1 aromatic heterocycles. The molecule has 7 heteroatoms. The molecule has 0 radical (unpaired) electrons. The molecule has 2 N–H and O–H groups in total. The first kappa shape index (κ1) is 13.6. The highest BCUT2D eigenvalue weighted by atomic mass is 32.2. The Kier molecular flexibility index (Phi) is 3.13. The lowest BCUT2D eigenvalue weighted by Gasteiger charge is -2.11. The Hall–Kier alpha value is -2.41. The van der Waals surface area contributed by atoms with E-state index in [0.717, 1.165) is 5.56 Å². The van der Waals surface area contributed by atoms with Gasteiger partial charge in [0, 0.05) is 0 Å². The minimum absolute atomic E-state index is 0.267. The van der Waals surface area contributed by atoms with Crippen molar-refractivity contribution >= 4 is 26.7 Å². The van der Waals surface area contributed by atoms with Crippen LogP contribution in [0, 0.1) is 13.8 Å². The first-order valence-corrected chi connectivity index (χ1v) is 7.85. The molecule has 2 aromatic carbocycles. The zero-order chi connectivity index (χ0) is 15.0. The zero-order valence-corrected chi connectivity index (χ0v) is 12.4. The van der Waals surface area contributed by atoms with Crippen LogP contribution in [0.4, 0.5) is 5.69 Å². The lowest BCUT2D eigenvalue weighted by Crippen LogP contribution is -2.14. The number of aromatic nitrogens is 3. The molecular formula is C14H14N4O2S. The predicted molar refractivity (Wildman–Crippen MR) is 80.6 cm³/mol. The Morgan fingerprint density at radius 2 is 1.90 bits per heavy atom. The Morgan fingerprint density at radius 3 is 2.71 bits per heavy atom. The summed E-state index contributed by atoms with van der Waals surface area (Å²) in [5.74, 6) is 0. The fourth-order valence-electron chi connectivity index (χ4n) is 2.15. The number of anilines is 1. The summed E-state index contributed by atoms with van der Waals surface area (Å²) in [6.07, 6.45) is 0. The van der Waals surface area contributed by atoms with Gasteiger partial charge in [0.1, 0.15) is 11.0 Å². The van der Waals surface area contributed by atoms with Crippen LogP contribution in [0.1, 0.15) is 11.1 Å². The molecule has 0 unspecified atom stereocenters. The molecule has 0 aliphatic rings. The predicted octanol–water partition coefficient (Wildman–Crippen LogP) is 2.38. The number of sulfonamides is 1. The van der Waals surface area contributed by atoms with Gasteiger partial charge in [-0.1, -0.05) is 18.2 Å². The van der Waals surface area contributed by atoms with Crippen LogP contribution in [0.15, 0.2) is 41.3 Å². The van der Waals surface area contributed by atoms with Gasteiger partial charge in [0.15, 0.2) is 0 Å². The van der Waals surface area contributed by atoms with Crippen molar-refractivity contribution in [2.75, 3.05) is 4.72 Å². The third-order valence-corrected chi connectivity index (χ3v) is 4.73. The number of H-pyrrole nitrogens is 1. The van der Waals surface area contributed by atoms with Crippen molar-refractivity contribution in [3.8, 4) is 0 Å². The number of nitrogens with zero attached hydrogens (tertiary/aromatic N) is 2. The minimum Gasteiger partial charge on any atom is -0.277 e. The van der Waals surface area contributed by atoms with Gasteiger partial charge >= 0.3 is 0 Å². The molecule has 3 aromatic rings. The number of fused-ring (bicyclic) bond motifs is 1. The summed E-state index contributed by atoms with van der Waals surface area (Å²) in [4.78, 5) is 0.267. The van der Waals surface area contributed by atoms with Crippen LogP contribution in [-0.2, 0) is 10.0 Å². The Bertz CT molecular complexity index is 916.